The number of imidazole rings is 1. The Morgan fingerprint density at radius 3 is 2.50 bits per heavy atom. The fraction of sp³-hybridized carbons (Fsp3) is 0.231. The van der Waals surface area contributed by atoms with Gasteiger partial charge in [-0.2, -0.15) is 0 Å². The molecule has 0 atom stereocenters. The van der Waals surface area contributed by atoms with Crippen LogP contribution in [0.4, 0.5) is 0 Å². The number of hydrogen-bond acceptors (Lipinski definition) is 4. The summed E-state index contributed by atoms with van der Waals surface area (Å²) in [4.78, 5) is 8.07. The third-order valence-electron chi connectivity index (χ3n) is 5.68. The van der Waals surface area contributed by atoms with Crippen molar-refractivity contribution in [2.24, 2.45) is 5.92 Å². The molecular formula is C26H26N4SXe. The predicted molar refractivity (Wildman–Crippen MR) is 133 cm³/mol. The van der Waals surface area contributed by atoms with Crippen molar-refractivity contribution in [3.05, 3.63) is 65.9 Å². The van der Waals surface area contributed by atoms with Gasteiger partial charge < -0.3 is 0 Å². The fourth-order valence-electron chi connectivity index (χ4n) is 3.84. The Morgan fingerprint density at radius 2 is 1.75 bits per heavy atom. The van der Waals surface area contributed by atoms with Crippen LogP contribution in [0, 0.1) is 50.5 Å². The third kappa shape index (κ3) is 4.06. The zero-order valence-electron chi connectivity index (χ0n) is 18.6. The van der Waals surface area contributed by atoms with Gasteiger partial charge in [-0.05, 0) is 0 Å². The molecule has 2 aromatic carbocycles. The fourth-order valence-corrected chi connectivity index (χ4v) is 7.07. The molecule has 1 aliphatic rings. The van der Waals surface area contributed by atoms with Crippen molar-refractivity contribution in [2.75, 3.05) is 0 Å². The Balaban J connectivity index is 1.58. The van der Waals surface area contributed by atoms with Crippen LogP contribution in [-0.2, 0) is 0 Å². The second-order valence-electron chi connectivity index (χ2n) is 8.64. The van der Waals surface area contributed by atoms with Gasteiger partial charge in [0.25, 0.3) is 0 Å². The number of hydrogen-bond donors (Lipinski definition) is 2. The normalized spacial score (nSPS) is 14.2. The summed E-state index contributed by atoms with van der Waals surface area (Å²) in [6.45, 7) is 12.9. The molecule has 32 heavy (non-hydrogen) atoms. The Morgan fingerprint density at radius 1 is 0.969 bits per heavy atom. The predicted octanol–water partition coefficient (Wildman–Crippen LogP) is 6.34. The van der Waals surface area contributed by atoms with Crippen LogP contribution in [0.15, 0.2) is 54.6 Å². The van der Waals surface area contributed by atoms with Crippen LogP contribution in [0.3, 0.4) is 0 Å². The van der Waals surface area contributed by atoms with Crippen LogP contribution in [0.2, 0.25) is 0 Å². The molecule has 4 aromatic rings. The third-order valence-corrected chi connectivity index (χ3v) is 8.66. The molecule has 6 heteroatoms. The van der Waals surface area contributed by atoms with Crippen LogP contribution in [-0.4, -0.2) is 15.8 Å². The quantitative estimate of drug-likeness (QED) is 0.308. The summed E-state index contributed by atoms with van der Waals surface area (Å²) < 4.78 is 7.50. The van der Waals surface area contributed by atoms with Gasteiger partial charge in [-0.15, -0.1) is 0 Å². The van der Waals surface area contributed by atoms with E-state index in [2.05, 4.69) is 91.3 Å². The molecule has 0 saturated heterocycles. The molecule has 0 radical (unpaired) electrons. The summed E-state index contributed by atoms with van der Waals surface area (Å²) in [5, 5.41) is 6.87. The minimum atomic E-state index is -0.261. The second-order valence-corrected chi connectivity index (χ2v) is 11.5. The van der Waals surface area contributed by atoms with E-state index in [9.17, 15) is 0 Å². The molecule has 3 heterocycles. The number of aromatic nitrogens is 2. The SMILES string of the molecule is C=C1NC(C(C)C)=N[Xe]c2cc(-c3ccc(-c4cnc(C(C)C)[nH]4)c4ccsc34)ccc21. The van der Waals surface area contributed by atoms with Crippen molar-refractivity contribution < 1.29 is 44.6 Å². The summed E-state index contributed by atoms with van der Waals surface area (Å²) in [5.41, 5.74) is 6.91. The Labute approximate surface area is 218 Å². The van der Waals surface area contributed by atoms with E-state index in [1.165, 1.54) is 32.4 Å². The van der Waals surface area contributed by atoms with E-state index in [1.807, 2.05) is 6.20 Å². The summed E-state index contributed by atoms with van der Waals surface area (Å²) in [6, 6.07) is 13.4. The molecule has 0 fully saturated rings. The number of thiophene rings is 1. The minimum absolute atomic E-state index is 0.261. The van der Waals surface area contributed by atoms with Gasteiger partial charge in [-0.25, -0.2) is 0 Å². The first-order valence-corrected chi connectivity index (χ1v) is 13.6. The zero-order valence-corrected chi connectivity index (χ0v) is 21.5. The molecule has 0 spiro atoms. The molecule has 2 N–H and O–H groups in total. The van der Waals surface area contributed by atoms with Crippen molar-refractivity contribution >= 4 is 33.0 Å². The first kappa shape index (κ1) is 22.2. The van der Waals surface area contributed by atoms with Gasteiger partial charge in [0.2, 0.25) is 0 Å². The van der Waals surface area contributed by atoms with E-state index in [1.54, 1.807) is 11.3 Å². The summed E-state index contributed by atoms with van der Waals surface area (Å²) in [5.74, 6) is 2.81. The first-order chi connectivity index (χ1) is 15.4. The van der Waals surface area contributed by atoms with E-state index in [4.69, 9.17) is 0.00482 Å². The number of nitrogens with one attached hydrogen (secondary N) is 2. The summed E-state index contributed by atoms with van der Waals surface area (Å²) in [6.07, 6.45) is 1.95. The van der Waals surface area contributed by atoms with E-state index in [-0.39, 0.29) is 44.6 Å². The van der Waals surface area contributed by atoms with Gasteiger partial charge in [-0.3, -0.25) is 0 Å². The topological polar surface area (TPSA) is 53.1 Å². The van der Waals surface area contributed by atoms with Crippen LogP contribution in [0.5, 0.6) is 0 Å². The number of rotatable bonds is 4. The van der Waals surface area contributed by atoms with Gasteiger partial charge in [-0.1, -0.05) is 0 Å². The van der Waals surface area contributed by atoms with E-state index < -0.39 is 0 Å². The Bertz CT molecular complexity index is 1360. The molecule has 164 valence electrons. The summed E-state index contributed by atoms with van der Waals surface area (Å²) >= 11 is 1.53. The molecule has 0 aliphatic carbocycles. The van der Waals surface area contributed by atoms with Crippen LogP contribution < -0.4 is 5.35 Å². The van der Waals surface area contributed by atoms with E-state index >= 15 is 0 Å². The molecule has 0 unspecified atom stereocenters. The first-order valence-electron chi connectivity index (χ1n) is 10.8. The summed E-state index contributed by atoms with van der Waals surface area (Å²) in [7, 11) is 0. The molecule has 0 amide bonds. The molecule has 0 bridgehead atoms. The van der Waals surface area contributed by atoms with Crippen LogP contribution >= 0.6 is 11.3 Å². The van der Waals surface area contributed by atoms with Crippen molar-refractivity contribution in [3.63, 3.8) is 0 Å². The number of amidine groups is 1. The molecule has 5 rings (SSSR count). The van der Waals surface area contributed by atoms with E-state index in [0.29, 0.717) is 11.8 Å². The number of benzene rings is 2. The van der Waals surface area contributed by atoms with Crippen molar-refractivity contribution in [1.82, 2.24) is 15.3 Å². The Hall–Kier alpha value is -1.61. The van der Waals surface area contributed by atoms with Crippen molar-refractivity contribution in [1.29, 1.82) is 0 Å². The average Bonchev–Trinajstić information content (AvgIpc) is 3.42. The van der Waals surface area contributed by atoms with Gasteiger partial charge in [0.1, 0.15) is 0 Å². The monoisotopic (exact) mass is 558 g/mol. The molecular weight excluding hydrogens is 532 g/mol. The van der Waals surface area contributed by atoms with Crippen molar-refractivity contribution in [2.45, 2.75) is 33.6 Å². The molecule has 4 nitrogen and oxygen atoms in total. The Kier molecular flexibility index (Phi) is 6.22. The molecule has 1 aliphatic heterocycles. The van der Waals surface area contributed by atoms with Gasteiger partial charge in [0.15, 0.2) is 0 Å². The van der Waals surface area contributed by atoms with E-state index in [0.717, 1.165) is 23.1 Å². The molecule has 0 saturated carbocycles. The maximum absolute atomic E-state index is 4.90. The van der Waals surface area contributed by atoms with Gasteiger partial charge >= 0.3 is 221 Å². The standard InChI is InChI=1S/C26H26N4SXe/c1-14(2)25-27-13-22(29-25)20-9-8-19(24-21(20)10-11-31-24)17-6-7-18-16(5)28-26(15(3)4)30-32-23(18)12-17/h6-15H,5H2,1-4H3,(H,27,29)(H,28,30). The van der Waals surface area contributed by atoms with Crippen LogP contribution in [0.25, 0.3) is 38.2 Å². The second kappa shape index (κ2) is 8.97. The zero-order chi connectivity index (χ0) is 22.4. The molecule has 2 aromatic heterocycles. The average molecular weight is 558 g/mol. The van der Waals surface area contributed by atoms with Gasteiger partial charge in [0.05, 0.1) is 0 Å². The number of fused-ring (bicyclic) bond motifs is 2. The van der Waals surface area contributed by atoms with Crippen LogP contribution in [0.1, 0.15) is 45.0 Å². The van der Waals surface area contributed by atoms with Gasteiger partial charge in [0, 0.05) is 0 Å². The van der Waals surface area contributed by atoms with Crippen molar-refractivity contribution in [3.8, 4) is 22.4 Å². The number of H-pyrrole nitrogens is 1. The number of aromatic amines is 1. The number of nitrogens with zero attached hydrogens (tertiary/aromatic N) is 2. The maximum atomic E-state index is 4.90.